The molecule has 0 bridgehead atoms. The molecule has 0 atom stereocenters. The first kappa shape index (κ1) is 15.9. The van der Waals surface area contributed by atoms with Gasteiger partial charge in [-0.1, -0.05) is 15.9 Å². The maximum Gasteiger partial charge on any atom is 0.265 e. The molecule has 0 aliphatic heterocycles. The molecular formula is C15H12BrN3O3S. The van der Waals surface area contributed by atoms with Crippen molar-refractivity contribution in [3.8, 4) is 5.69 Å². The SMILES string of the molecule is Cc1nc2ccc(Br)cc2c(=O)n1-c1ccc(S(N)(=O)=O)cc1. The van der Waals surface area contributed by atoms with Gasteiger partial charge < -0.3 is 0 Å². The fraction of sp³-hybridized carbons (Fsp3) is 0.0667. The van der Waals surface area contributed by atoms with Crippen LogP contribution < -0.4 is 10.7 Å². The largest absolute Gasteiger partial charge is 0.268 e. The fourth-order valence-electron chi connectivity index (χ4n) is 2.36. The first-order valence-electron chi connectivity index (χ1n) is 6.59. The predicted molar refractivity (Wildman–Crippen MR) is 91.2 cm³/mol. The van der Waals surface area contributed by atoms with Gasteiger partial charge >= 0.3 is 0 Å². The van der Waals surface area contributed by atoms with E-state index in [-0.39, 0.29) is 10.5 Å². The van der Waals surface area contributed by atoms with E-state index in [0.29, 0.717) is 22.4 Å². The molecule has 0 fully saturated rings. The summed E-state index contributed by atoms with van der Waals surface area (Å²) in [4.78, 5) is 17.2. The lowest BCUT2D eigenvalue weighted by Gasteiger charge is -2.11. The van der Waals surface area contributed by atoms with Crippen LogP contribution in [0.25, 0.3) is 16.6 Å². The number of benzene rings is 2. The maximum absolute atomic E-state index is 12.7. The number of aromatic nitrogens is 2. The Hall–Kier alpha value is -2.03. The third kappa shape index (κ3) is 2.92. The van der Waals surface area contributed by atoms with Crippen LogP contribution >= 0.6 is 15.9 Å². The number of primary sulfonamides is 1. The molecule has 3 aromatic rings. The Morgan fingerprint density at radius 3 is 2.39 bits per heavy atom. The van der Waals surface area contributed by atoms with E-state index in [9.17, 15) is 13.2 Å². The first-order valence-corrected chi connectivity index (χ1v) is 8.93. The number of hydrogen-bond donors (Lipinski definition) is 1. The highest BCUT2D eigenvalue weighted by atomic mass is 79.9. The summed E-state index contributed by atoms with van der Waals surface area (Å²) in [5.41, 5.74) is 0.902. The summed E-state index contributed by atoms with van der Waals surface area (Å²) in [5, 5.41) is 5.56. The highest BCUT2D eigenvalue weighted by molar-refractivity contribution is 9.10. The van der Waals surface area contributed by atoms with Gasteiger partial charge in [0.2, 0.25) is 10.0 Å². The van der Waals surface area contributed by atoms with Crippen molar-refractivity contribution in [1.82, 2.24) is 9.55 Å². The lowest BCUT2D eigenvalue weighted by Crippen LogP contribution is -2.22. The number of nitrogens with zero attached hydrogens (tertiary/aromatic N) is 2. The van der Waals surface area contributed by atoms with E-state index in [2.05, 4.69) is 20.9 Å². The minimum Gasteiger partial charge on any atom is -0.268 e. The zero-order valence-corrected chi connectivity index (χ0v) is 14.4. The summed E-state index contributed by atoms with van der Waals surface area (Å²) >= 11 is 3.34. The van der Waals surface area contributed by atoms with Crippen LogP contribution in [0.4, 0.5) is 0 Å². The van der Waals surface area contributed by atoms with Gasteiger partial charge in [0.1, 0.15) is 5.82 Å². The van der Waals surface area contributed by atoms with E-state index in [1.807, 2.05) is 6.07 Å². The first-order chi connectivity index (χ1) is 10.8. The number of halogens is 1. The van der Waals surface area contributed by atoms with Crippen LogP contribution in [0.3, 0.4) is 0 Å². The van der Waals surface area contributed by atoms with E-state index < -0.39 is 10.0 Å². The van der Waals surface area contributed by atoms with Gasteiger partial charge in [0, 0.05) is 4.47 Å². The summed E-state index contributed by atoms with van der Waals surface area (Å²) in [7, 11) is -3.77. The van der Waals surface area contributed by atoms with Crippen LogP contribution in [0.5, 0.6) is 0 Å². The molecule has 1 aromatic heterocycles. The Kier molecular flexibility index (Phi) is 3.83. The zero-order valence-electron chi connectivity index (χ0n) is 12.0. The molecule has 8 heteroatoms. The molecule has 2 aromatic carbocycles. The number of fused-ring (bicyclic) bond motifs is 1. The van der Waals surface area contributed by atoms with Crippen LogP contribution in [0.15, 0.2) is 56.6 Å². The number of hydrogen-bond acceptors (Lipinski definition) is 4. The van der Waals surface area contributed by atoms with Gasteiger partial charge in [-0.05, 0) is 49.4 Å². The molecular weight excluding hydrogens is 382 g/mol. The maximum atomic E-state index is 12.7. The van der Waals surface area contributed by atoms with E-state index in [1.165, 1.54) is 28.8 Å². The summed E-state index contributed by atoms with van der Waals surface area (Å²) in [6, 6.07) is 11.1. The second kappa shape index (κ2) is 5.55. The quantitative estimate of drug-likeness (QED) is 0.720. The second-order valence-electron chi connectivity index (χ2n) is 5.00. The minimum absolute atomic E-state index is 0.0107. The molecule has 23 heavy (non-hydrogen) atoms. The van der Waals surface area contributed by atoms with Crippen molar-refractivity contribution in [2.24, 2.45) is 5.14 Å². The van der Waals surface area contributed by atoms with E-state index >= 15 is 0 Å². The average molecular weight is 394 g/mol. The van der Waals surface area contributed by atoms with Crippen molar-refractivity contribution in [3.05, 3.63) is 63.1 Å². The summed E-state index contributed by atoms with van der Waals surface area (Å²) in [5.74, 6) is 0.508. The molecule has 6 nitrogen and oxygen atoms in total. The highest BCUT2D eigenvalue weighted by Crippen LogP contribution is 2.18. The lowest BCUT2D eigenvalue weighted by atomic mass is 10.2. The van der Waals surface area contributed by atoms with Gasteiger partial charge in [-0.15, -0.1) is 0 Å². The molecule has 1 heterocycles. The van der Waals surface area contributed by atoms with Crippen LogP contribution in [-0.4, -0.2) is 18.0 Å². The summed E-state index contributed by atoms with van der Waals surface area (Å²) in [6.07, 6.45) is 0. The van der Waals surface area contributed by atoms with E-state index in [4.69, 9.17) is 5.14 Å². The monoisotopic (exact) mass is 393 g/mol. The van der Waals surface area contributed by atoms with Crippen LogP contribution in [-0.2, 0) is 10.0 Å². The number of aryl methyl sites for hydroxylation is 1. The Bertz CT molecular complexity index is 1070. The summed E-state index contributed by atoms with van der Waals surface area (Å²) in [6.45, 7) is 1.72. The number of rotatable bonds is 2. The van der Waals surface area contributed by atoms with Gasteiger partial charge in [0.15, 0.2) is 0 Å². The topological polar surface area (TPSA) is 95.0 Å². The van der Waals surface area contributed by atoms with Crippen LogP contribution in [0.2, 0.25) is 0 Å². The van der Waals surface area contributed by atoms with Crippen molar-refractivity contribution in [2.45, 2.75) is 11.8 Å². The molecule has 0 aliphatic carbocycles. The summed E-state index contributed by atoms with van der Waals surface area (Å²) < 4.78 is 24.9. The molecule has 2 N–H and O–H groups in total. The van der Waals surface area contributed by atoms with Crippen LogP contribution in [0.1, 0.15) is 5.82 Å². The Morgan fingerprint density at radius 1 is 1.13 bits per heavy atom. The number of nitrogens with two attached hydrogens (primary N) is 1. The molecule has 0 saturated heterocycles. The standard InChI is InChI=1S/C15H12BrN3O3S/c1-9-18-14-7-2-10(16)8-13(14)15(20)19(9)11-3-5-12(6-4-11)23(17,21)22/h2-8H,1H3,(H2,17,21,22). The van der Waals surface area contributed by atoms with E-state index in [1.54, 1.807) is 19.1 Å². The van der Waals surface area contributed by atoms with Gasteiger partial charge in [0.25, 0.3) is 5.56 Å². The molecule has 0 saturated carbocycles. The third-order valence-corrected chi connectivity index (χ3v) is 4.84. The fourth-order valence-corrected chi connectivity index (χ4v) is 3.23. The van der Waals surface area contributed by atoms with Gasteiger partial charge in [-0.3, -0.25) is 9.36 Å². The van der Waals surface area contributed by atoms with Crippen molar-refractivity contribution in [3.63, 3.8) is 0 Å². The Morgan fingerprint density at radius 2 is 1.78 bits per heavy atom. The molecule has 118 valence electrons. The highest BCUT2D eigenvalue weighted by Gasteiger charge is 2.12. The molecule has 0 spiro atoms. The normalized spacial score (nSPS) is 11.8. The molecule has 0 aliphatic rings. The predicted octanol–water partition coefficient (Wildman–Crippen LogP) is 2.10. The van der Waals surface area contributed by atoms with Gasteiger partial charge in [0.05, 0.1) is 21.5 Å². The zero-order chi connectivity index (χ0) is 16.8. The van der Waals surface area contributed by atoms with Crippen molar-refractivity contribution in [1.29, 1.82) is 0 Å². The Labute approximate surface area is 140 Å². The molecule has 3 rings (SSSR count). The molecule has 0 amide bonds. The molecule has 0 radical (unpaired) electrons. The van der Waals surface area contributed by atoms with Crippen molar-refractivity contribution >= 4 is 36.9 Å². The van der Waals surface area contributed by atoms with E-state index in [0.717, 1.165) is 4.47 Å². The van der Waals surface area contributed by atoms with Crippen molar-refractivity contribution < 1.29 is 8.42 Å². The van der Waals surface area contributed by atoms with Crippen molar-refractivity contribution in [2.75, 3.05) is 0 Å². The minimum atomic E-state index is -3.77. The van der Waals surface area contributed by atoms with Gasteiger partial charge in [-0.2, -0.15) is 0 Å². The Balaban J connectivity index is 2.26. The third-order valence-electron chi connectivity index (χ3n) is 3.42. The van der Waals surface area contributed by atoms with Gasteiger partial charge in [-0.25, -0.2) is 18.5 Å². The second-order valence-corrected chi connectivity index (χ2v) is 7.48. The molecule has 0 unspecified atom stereocenters. The smallest absolute Gasteiger partial charge is 0.265 e. The average Bonchev–Trinajstić information content (AvgIpc) is 2.48. The number of sulfonamides is 1. The van der Waals surface area contributed by atoms with Crippen LogP contribution in [0, 0.1) is 6.92 Å². The lowest BCUT2D eigenvalue weighted by molar-refractivity contribution is 0.598.